The first-order chi connectivity index (χ1) is 4.56. The Morgan fingerprint density at radius 2 is 2.00 bits per heavy atom. The second-order valence-electron chi connectivity index (χ2n) is 2.95. The number of hydrogen-bond acceptors (Lipinski definition) is 1. The van der Waals surface area contributed by atoms with Crippen LogP contribution in [0.25, 0.3) is 0 Å². The molecule has 10 heavy (non-hydrogen) atoms. The smallest absolute Gasteiger partial charge is 0.242 e. The van der Waals surface area contributed by atoms with Crippen molar-refractivity contribution >= 4 is 17.8 Å². The van der Waals surface area contributed by atoms with E-state index in [0.29, 0.717) is 0 Å². The Kier molecular flexibility index (Phi) is 4.44. The molecular weight excluding hydrogens is 156 g/mol. The van der Waals surface area contributed by atoms with Gasteiger partial charge in [0.1, 0.15) is 6.26 Å². The average Bonchev–Trinajstić information content (AvgIpc) is 1.78. The number of rotatable bonds is 3. The Bertz CT molecular complexity index is 140. The van der Waals surface area contributed by atoms with Crippen molar-refractivity contribution < 1.29 is 4.43 Å². The standard InChI is InChI=1S/C7H14OSi2/c1-9-7-5-6-8-10(2,3)4/h6-7H,1-4H3. The van der Waals surface area contributed by atoms with Gasteiger partial charge in [-0.25, -0.2) is 0 Å². The maximum absolute atomic E-state index is 5.41. The van der Waals surface area contributed by atoms with Crippen molar-refractivity contribution in [2.24, 2.45) is 0 Å². The topological polar surface area (TPSA) is 9.23 Å². The zero-order chi connectivity index (χ0) is 8.04. The first kappa shape index (κ1) is 9.75. The van der Waals surface area contributed by atoms with E-state index in [-0.39, 0.29) is 0 Å². The molecule has 0 saturated heterocycles. The van der Waals surface area contributed by atoms with Gasteiger partial charge in [0.2, 0.25) is 8.32 Å². The van der Waals surface area contributed by atoms with Gasteiger partial charge in [0.25, 0.3) is 0 Å². The van der Waals surface area contributed by atoms with Gasteiger partial charge in [0, 0.05) is 0 Å². The zero-order valence-electron chi connectivity index (χ0n) is 7.06. The van der Waals surface area contributed by atoms with Crippen LogP contribution in [0.2, 0.25) is 26.2 Å². The van der Waals surface area contributed by atoms with Crippen LogP contribution in [0.1, 0.15) is 0 Å². The summed E-state index contributed by atoms with van der Waals surface area (Å²) in [6.07, 6.45) is 1.68. The van der Waals surface area contributed by atoms with Crippen LogP contribution in [0.4, 0.5) is 0 Å². The van der Waals surface area contributed by atoms with Crippen molar-refractivity contribution in [3.05, 3.63) is 17.7 Å². The van der Waals surface area contributed by atoms with E-state index < -0.39 is 8.32 Å². The monoisotopic (exact) mass is 170 g/mol. The Balaban J connectivity index is 3.64. The van der Waals surface area contributed by atoms with Gasteiger partial charge in [0.15, 0.2) is 0 Å². The van der Waals surface area contributed by atoms with E-state index in [9.17, 15) is 0 Å². The molecule has 0 aromatic carbocycles. The summed E-state index contributed by atoms with van der Waals surface area (Å²) < 4.78 is 5.41. The minimum atomic E-state index is -1.34. The number of hydrogen-bond donors (Lipinski definition) is 0. The van der Waals surface area contributed by atoms with Gasteiger partial charge in [0.05, 0.1) is 9.52 Å². The molecule has 0 aliphatic carbocycles. The second kappa shape index (κ2) is 4.55. The normalized spacial score (nSPS) is 10.0. The van der Waals surface area contributed by atoms with Gasteiger partial charge in [-0.15, -0.1) is 0 Å². The molecule has 0 aliphatic heterocycles. The third kappa shape index (κ3) is 7.75. The summed E-state index contributed by atoms with van der Waals surface area (Å²) in [7, 11) is -0.523. The van der Waals surface area contributed by atoms with Crippen LogP contribution in [-0.4, -0.2) is 17.8 Å². The summed E-state index contributed by atoms with van der Waals surface area (Å²) in [6, 6.07) is 0. The van der Waals surface area contributed by atoms with Gasteiger partial charge in [-0.05, 0) is 19.6 Å². The molecule has 0 amide bonds. The molecule has 1 nitrogen and oxygen atoms in total. The van der Waals surface area contributed by atoms with Crippen LogP contribution < -0.4 is 0 Å². The van der Waals surface area contributed by atoms with Crippen molar-refractivity contribution in [2.75, 3.05) is 0 Å². The lowest BCUT2D eigenvalue weighted by Crippen LogP contribution is -2.21. The summed E-state index contributed by atoms with van der Waals surface area (Å²) >= 11 is 0. The lowest BCUT2D eigenvalue weighted by atomic mass is 10.9. The van der Waals surface area contributed by atoms with Crippen LogP contribution in [0.3, 0.4) is 0 Å². The SMILES string of the molecule is C[Si]C=C=CO[Si](C)(C)C. The Hall–Kier alpha value is -0.246. The predicted molar refractivity (Wildman–Crippen MR) is 48.7 cm³/mol. The first-order valence-electron chi connectivity index (χ1n) is 3.31. The van der Waals surface area contributed by atoms with E-state index >= 15 is 0 Å². The molecule has 0 unspecified atom stereocenters. The third-order valence-electron chi connectivity index (χ3n) is 0.708. The molecule has 0 heterocycles. The van der Waals surface area contributed by atoms with E-state index in [1.165, 1.54) is 0 Å². The Morgan fingerprint density at radius 3 is 2.40 bits per heavy atom. The van der Waals surface area contributed by atoms with Crippen molar-refractivity contribution in [1.82, 2.24) is 0 Å². The van der Waals surface area contributed by atoms with E-state index in [1.54, 1.807) is 6.26 Å². The van der Waals surface area contributed by atoms with Crippen molar-refractivity contribution in [3.63, 3.8) is 0 Å². The molecule has 56 valence electrons. The highest BCUT2D eigenvalue weighted by Gasteiger charge is 2.12. The largest absolute Gasteiger partial charge is 0.544 e. The highest BCUT2D eigenvalue weighted by molar-refractivity contribution is 6.69. The summed E-state index contributed by atoms with van der Waals surface area (Å²) in [5.41, 5.74) is 4.95. The zero-order valence-corrected chi connectivity index (χ0v) is 9.06. The molecule has 0 bridgehead atoms. The van der Waals surface area contributed by atoms with Gasteiger partial charge >= 0.3 is 0 Å². The van der Waals surface area contributed by atoms with Gasteiger partial charge in [-0.2, -0.15) is 0 Å². The molecule has 0 fully saturated rings. The van der Waals surface area contributed by atoms with Gasteiger partial charge in [-0.1, -0.05) is 18.0 Å². The fourth-order valence-electron chi connectivity index (χ4n) is 0.328. The molecule has 0 aromatic rings. The summed E-state index contributed by atoms with van der Waals surface area (Å²) in [6.45, 7) is 8.56. The minimum absolute atomic E-state index is 0.819. The van der Waals surface area contributed by atoms with Crippen molar-refractivity contribution in [3.8, 4) is 0 Å². The third-order valence-corrected chi connectivity index (χ3v) is 1.99. The Labute approximate surface area is 66.7 Å². The molecule has 0 spiro atoms. The molecule has 2 radical (unpaired) electrons. The highest BCUT2D eigenvalue weighted by Crippen LogP contribution is 2.01. The average molecular weight is 170 g/mol. The molecule has 0 N–H and O–H groups in total. The van der Waals surface area contributed by atoms with E-state index in [0.717, 1.165) is 9.52 Å². The van der Waals surface area contributed by atoms with Gasteiger partial charge in [-0.3, -0.25) is 0 Å². The van der Waals surface area contributed by atoms with Gasteiger partial charge < -0.3 is 4.43 Å². The highest BCUT2D eigenvalue weighted by atomic mass is 28.4. The molecule has 0 aromatic heterocycles. The lowest BCUT2D eigenvalue weighted by molar-refractivity contribution is 0.481. The summed E-state index contributed by atoms with van der Waals surface area (Å²) in [5, 5.41) is 0. The Morgan fingerprint density at radius 1 is 1.40 bits per heavy atom. The van der Waals surface area contributed by atoms with E-state index in [4.69, 9.17) is 4.43 Å². The quantitative estimate of drug-likeness (QED) is 0.358. The fraction of sp³-hybridized carbons (Fsp3) is 0.571. The molecule has 3 heteroatoms. The van der Waals surface area contributed by atoms with Crippen molar-refractivity contribution in [1.29, 1.82) is 0 Å². The van der Waals surface area contributed by atoms with E-state index in [2.05, 4.69) is 31.9 Å². The van der Waals surface area contributed by atoms with Crippen LogP contribution >= 0.6 is 0 Å². The maximum Gasteiger partial charge on any atom is 0.242 e. The van der Waals surface area contributed by atoms with Crippen molar-refractivity contribution in [2.45, 2.75) is 26.2 Å². The van der Waals surface area contributed by atoms with Crippen LogP contribution in [0.15, 0.2) is 17.7 Å². The molecule has 0 aliphatic rings. The minimum Gasteiger partial charge on any atom is -0.544 e. The van der Waals surface area contributed by atoms with Crippen LogP contribution in [0.5, 0.6) is 0 Å². The molecule has 0 rings (SSSR count). The molecule has 0 saturated carbocycles. The maximum atomic E-state index is 5.41. The van der Waals surface area contributed by atoms with E-state index in [1.807, 2.05) is 5.70 Å². The fourth-order valence-corrected chi connectivity index (χ4v) is 0.984. The second-order valence-corrected chi connectivity index (χ2v) is 8.27. The van der Waals surface area contributed by atoms with Crippen LogP contribution in [0, 0.1) is 0 Å². The molecule has 0 atom stereocenters. The summed E-state index contributed by atoms with van der Waals surface area (Å²) in [5.74, 6) is 0. The van der Waals surface area contributed by atoms with Crippen LogP contribution in [-0.2, 0) is 4.43 Å². The first-order valence-corrected chi connectivity index (χ1v) is 8.29. The lowest BCUT2D eigenvalue weighted by Gasteiger charge is -2.13. The predicted octanol–water partition coefficient (Wildman–Crippen LogP) is 2.22. The summed E-state index contributed by atoms with van der Waals surface area (Å²) in [4.78, 5) is 0. The molecular formula is C7H14OSi2.